The van der Waals surface area contributed by atoms with Crippen molar-refractivity contribution in [1.82, 2.24) is 29.2 Å². The Balaban J connectivity index is 0.000000241. The van der Waals surface area contributed by atoms with Crippen LogP contribution in [0.15, 0.2) is 41.5 Å². The first-order valence-corrected chi connectivity index (χ1v) is 17.4. The summed E-state index contributed by atoms with van der Waals surface area (Å²) < 4.78 is 96.2. The summed E-state index contributed by atoms with van der Waals surface area (Å²) >= 11 is 3.18. The molecule has 0 bridgehead atoms. The van der Waals surface area contributed by atoms with E-state index in [2.05, 4.69) is 36.1 Å². The fourth-order valence-corrected chi connectivity index (χ4v) is 5.50. The van der Waals surface area contributed by atoms with Crippen LogP contribution in [0.3, 0.4) is 0 Å². The van der Waals surface area contributed by atoms with Crippen LogP contribution in [0.25, 0.3) is 11.3 Å². The highest BCUT2D eigenvalue weighted by atomic mass is 79.9. The summed E-state index contributed by atoms with van der Waals surface area (Å²) in [5, 5.41) is 8.41. The molecule has 0 spiro atoms. The van der Waals surface area contributed by atoms with Gasteiger partial charge in [-0.25, -0.2) is 28.6 Å². The number of aromatic nitrogens is 6. The van der Waals surface area contributed by atoms with Crippen LogP contribution in [-0.2, 0) is 9.47 Å². The number of halogens is 7. The van der Waals surface area contributed by atoms with Crippen LogP contribution >= 0.6 is 15.9 Å². The summed E-state index contributed by atoms with van der Waals surface area (Å²) in [5.74, 6) is 0.234. The molecule has 0 unspecified atom stereocenters. The number of hydrogen-bond donors (Lipinski definition) is 0. The number of fused-ring (bicyclic) bond motifs is 2. The van der Waals surface area contributed by atoms with Gasteiger partial charge >= 0.3 is 24.5 Å². The SMILES string of the molecule is CC(C)(C)OC(=O)N(CCC(F)(F)F)c1cc(Br)nn2ccnc12.CC(C)(C)OC(=O)N(CCC(F)(F)F)c1cc(OC2CCCC2)nn2ccnc12. The van der Waals surface area contributed by atoms with Gasteiger partial charge in [0.1, 0.15) is 21.9 Å². The van der Waals surface area contributed by atoms with Crippen molar-refractivity contribution >= 4 is 50.8 Å². The van der Waals surface area contributed by atoms with Crippen LogP contribution in [-0.4, -0.2) is 84.1 Å². The number of nitrogens with zero attached hydrogens (tertiary/aromatic N) is 8. The summed E-state index contributed by atoms with van der Waals surface area (Å²) in [6.07, 6.45) is -3.07. The summed E-state index contributed by atoms with van der Waals surface area (Å²) in [6, 6.07) is 2.89. The van der Waals surface area contributed by atoms with E-state index in [-0.39, 0.29) is 34.7 Å². The minimum atomic E-state index is -4.43. The first-order valence-electron chi connectivity index (χ1n) is 16.6. The van der Waals surface area contributed by atoms with E-state index in [9.17, 15) is 35.9 Å². The molecule has 2 amide bonds. The minimum Gasteiger partial charge on any atom is -0.473 e. The van der Waals surface area contributed by atoms with Crippen LogP contribution in [0.4, 0.5) is 47.3 Å². The molecule has 0 radical (unpaired) electrons. The number of hydrogen-bond acceptors (Lipinski definition) is 9. The Hall–Kier alpha value is -4.36. The van der Waals surface area contributed by atoms with Crippen molar-refractivity contribution < 1.29 is 50.1 Å². The van der Waals surface area contributed by atoms with Gasteiger partial charge in [-0.05, 0) is 83.2 Å². The predicted molar refractivity (Wildman–Crippen MR) is 185 cm³/mol. The van der Waals surface area contributed by atoms with Gasteiger partial charge in [-0.2, -0.15) is 31.4 Å². The van der Waals surface area contributed by atoms with Gasteiger partial charge in [0.2, 0.25) is 5.88 Å². The quantitative estimate of drug-likeness (QED) is 0.160. The number of amides is 2. The van der Waals surface area contributed by atoms with Gasteiger partial charge < -0.3 is 14.2 Å². The molecule has 0 N–H and O–H groups in total. The number of imidazole rings is 2. The summed E-state index contributed by atoms with van der Waals surface area (Å²) in [4.78, 5) is 35.2. The summed E-state index contributed by atoms with van der Waals surface area (Å²) in [6.45, 7) is 8.68. The molecular weight excluding hydrogens is 782 g/mol. The van der Waals surface area contributed by atoms with Crippen molar-refractivity contribution in [3.63, 3.8) is 0 Å². The maximum absolute atomic E-state index is 12.9. The number of carbonyl (C=O) groups excluding carboxylic acids is 2. The molecule has 1 fully saturated rings. The average molecular weight is 824 g/mol. The maximum Gasteiger partial charge on any atom is 0.414 e. The Kier molecular flexibility index (Phi) is 12.8. The van der Waals surface area contributed by atoms with E-state index in [0.29, 0.717) is 4.60 Å². The zero-order valence-corrected chi connectivity index (χ0v) is 31.5. The summed E-state index contributed by atoms with van der Waals surface area (Å²) in [7, 11) is 0. The van der Waals surface area contributed by atoms with Gasteiger partial charge in [-0.15, -0.1) is 5.10 Å². The normalized spacial score (nSPS) is 14.2. The van der Waals surface area contributed by atoms with Gasteiger partial charge in [-0.3, -0.25) is 9.80 Å². The molecular formula is C33H41BrF6N8O5. The number of anilines is 2. The van der Waals surface area contributed by atoms with Crippen LogP contribution in [0.1, 0.15) is 80.1 Å². The molecule has 13 nitrogen and oxygen atoms in total. The molecule has 1 saturated carbocycles. The average Bonchev–Trinajstić information content (AvgIpc) is 3.77. The van der Waals surface area contributed by atoms with Crippen LogP contribution in [0.2, 0.25) is 0 Å². The fraction of sp³-hybridized carbons (Fsp3) is 0.576. The molecule has 4 aromatic rings. The van der Waals surface area contributed by atoms with Crippen molar-refractivity contribution in [3.8, 4) is 5.88 Å². The lowest BCUT2D eigenvalue weighted by Gasteiger charge is -2.28. The van der Waals surface area contributed by atoms with Gasteiger partial charge in [0.25, 0.3) is 0 Å². The predicted octanol–water partition coefficient (Wildman–Crippen LogP) is 8.93. The number of alkyl halides is 6. The third kappa shape index (κ3) is 12.6. The lowest BCUT2D eigenvalue weighted by atomic mass is 10.2. The highest BCUT2D eigenvalue weighted by Crippen LogP contribution is 2.32. The lowest BCUT2D eigenvalue weighted by Crippen LogP contribution is -2.39. The minimum absolute atomic E-state index is 0.00136. The van der Waals surface area contributed by atoms with E-state index >= 15 is 0 Å². The van der Waals surface area contributed by atoms with Crippen molar-refractivity contribution in [2.75, 3.05) is 22.9 Å². The highest BCUT2D eigenvalue weighted by Gasteiger charge is 2.34. The van der Waals surface area contributed by atoms with Gasteiger partial charge in [0.15, 0.2) is 11.3 Å². The Morgan fingerprint density at radius 1 is 0.755 bits per heavy atom. The van der Waals surface area contributed by atoms with E-state index < -0.39 is 61.7 Å². The molecule has 292 valence electrons. The third-order valence-corrected chi connectivity index (χ3v) is 7.65. The number of carbonyl (C=O) groups is 2. The number of ether oxygens (including phenoxy) is 3. The van der Waals surface area contributed by atoms with E-state index in [4.69, 9.17) is 14.2 Å². The molecule has 5 rings (SSSR count). The Morgan fingerprint density at radius 3 is 1.62 bits per heavy atom. The molecule has 1 aliphatic rings. The monoisotopic (exact) mass is 822 g/mol. The third-order valence-electron chi connectivity index (χ3n) is 7.26. The molecule has 0 atom stereocenters. The second kappa shape index (κ2) is 16.3. The van der Waals surface area contributed by atoms with Crippen molar-refractivity contribution in [1.29, 1.82) is 0 Å². The molecule has 0 aliphatic heterocycles. The smallest absolute Gasteiger partial charge is 0.414 e. The lowest BCUT2D eigenvalue weighted by molar-refractivity contribution is -0.133. The molecule has 1 aliphatic carbocycles. The maximum atomic E-state index is 12.9. The molecule has 4 aromatic heterocycles. The molecule has 53 heavy (non-hydrogen) atoms. The van der Waals surface area contributed by atoms with Crippen molar-refractivity contribution in [2.45, 2.75) is 110 Å². The Labute approximate surface area is 309 Å². The second-order valence-electron chi connectivity index (χ2n) is 14.1. The topological polar surface area (TPSA) is 129 Å². The van der Waals surface area contributed by atoms with Gasteiger partial charge in [-0.1, -0.05) is 0 Å². The molecule has 4 heterocycles. The highest BCUT2D eigenvalue weighted by molar-refractivity contribution is 9.10. The van der Waals surface area contributed by atoms with E-state index in [1.807, 2.05) is 0 Å². The Morgan fingerprint density at radius 2 is 1.19 bits per heavy atom. The second-order valence-corrected chi connectivity index (χ2v) is 14.9. The van der Waals surface area contributed by atoms with Crippen LogP contribution in [0, 0.1) is 0 Å². The van der Waals surface area contributed by atoms with E-state index in [1.54, 1.807) is 47.7 Å². The molecule has 20 heteroatoms. The fourth-order valence-electron chi connectivity index (χ4n) is 5.11. The standard InChI is InChI=1S/C19H25F3N4O3.C14H16BrF3N4O2/c1-18(2,3)29-17(27)25(10-8-19(20,21)22)14-12-15(28-13-6-4-5-7-13)24-26-11-9-23-16(14)26;1-13(2,3)24-12(23)21(6-4-14(16,17)18)9-8-10(15)20-22-7-5-19-11(9)22/h9,11-13H,4-8,10H2,1-3H3;5,7-8H,4,6H2,1-3H3. The Bertz CT molecular complexity index is 1860. The first-order chi connectivity index (χ1) is 24.5. The first kappa shape index (κ1) is 41.4. The van der Waals surface area contributed by atoms with E-state index in [1.165, 1.54) is 39.8 Å². The molecule has 0 aromatic carbocycles. The number of rotatable bonds is 8. The van der Waals surface area contributed by atoms with Crippen LogP contribution in [0.5, 0.6) is 5.88 Å². The van der Waals surface area contributed by atoms with Gasteiger partial charge in [0.05, 0.1) is 24.2 Å². The molecule has 0 saturated heterocycles. The summed E-state index contributed by atoms with van der Waals surface area (Å²) in [5.41, 5.74) is -0.862. The zero-order chi connectivity index (χ0) is 39.4. The van der Waals surface area contributed by atoms with Crippen LogP contribution < -0.4 is 14.5 Å². The zero-order valence-electron chi connectivity index (χ0n) is 30.0. The van der Waals surface area contributed by atoms with E-state index in [0.717, 1.165) is 35.5 Å². The van der Waals surface area contributed by atoms with Gasteiger partial charge in [0, 0.05) is 50.0 Å². The van der Waals surface area contributed by atoms with Crippen molar-refractivity contribution in [3.05, 3.63) is 41.5 Å². The van der Waals surface area contributed by atoms with Crippen molar-refractivity contribution in [2.24, 2.45) is 0 Å². The largest absolute Gasteiger partial charge is 0.473 e.